The van der Waals surface area contributed by atoms with Gasteiger partial charge in [-0.25, -0.2) is 14.5 Å². The quantitative estimate of drug-likeness (QED) is 0.429. The average molecular weight is 428 g/mol. The second-order valence-electron chi connectivity index (χ2n) is 7.46. The van der Waals surface area contributed by atoms with Gasteiger partial charge in [-0.3, -0.25) is 4.79 Å². The summed E-state index contributed by atoms with van der Waals surface area (Å²) in [5, 5.41) is 6.40. The number of amides is 1. The molecular formula is C25H24N4O3. The maximum Gasteiger partial charge on any atom is 0.340 e. The molecule has 7 heteroatoms. The van der Waals surface area contributed by atoms with Crippen molar-refractivity contribution < 1.29 is 14.3 Å². The molecule has 2 heterocycles. The summed E-state index contributed by atoms with van der Waals surface area (Å²) in [5.74, 6) is -0.277. The first-order chi connectivity index (χ1) is 15.5. The third kappa shape index (κ3) is 4.23. The van der Waals surface area contributed by atoms with E-state index >= 15 is 0 Å². The number of carbonyl (C=O) groups is 2. The van der Waals surface area contributed by atoms with Crippen LogP contribution in [0.3, 0.4) is 0 Å². The Kier molecular flexibility index (Phi) is 5.98. The Morgan fingerprint density at radius 2 is 1.81 bits per heavy atom. The van der Waals surface area contributed by atoms with Gasteiger partial charge in [0.05, 0.1) is 16.9 Å². The fraction of sp³-hybridized carbons (Fsp3) is 0.200. The van der Waals surface area contributed by atoms with Crippen LogP contribution >= 0.6 is 0 Å². The maximum atomic E-state index is 12.9. The number of fused-ring (bicyclic) bond motifs is 1. The highest BCUT2D eigenvalue weighted by Crippen LogP contribution is 2.26. The first-order valence-electron chi connectivity index (χ1n) is 10.4. The van der Waals surface area contributed by atoms with Gasteiger partial charge >= 0.3 is 5.97 Å². The molecule has 1 amide bonds. The van der Waals surface area contributed by atoms with Gasteiger partial charge in [0, 0.05) is 23.8 Å². The van der Waals surface area contributed by atoms with Gasteiger partial charge in [0.25, 0.3) is 5.91 Å². The zero-order valence-electron chi connectivity index (χ0n) is 18.3. The number of aryl methyl sites for hydroxylation is 2. The summed E-state index contributed by atoms with van der Waals surface area (Å²) >= 11 is 0. The number of nitrogens with zero attached hydrogens (tertiary/aromatic N) is 4. The summed E-state index contributed by atoms with van der Waals surface area (Å²) in [7, 11) is 0. The van der Waals surface area contributed by atoms with Crippen LogP contribution in [0.5, 0.6) is 0 Å². The lowest BCUT2D eigenvalue weighted by Crippen LogP contribution is -2.34. The van der Waals surface area contributed by atoms with Crippen LogP contribution in [0, 0.1) is 13.8 Å². The van der Waals surface area contributed by atoms with Crippen molar-refractivity contribution in [2.24, 2.45) is 0 Å². The summed E-state index contributed by atoms with van der Waals surface area (Å²) < 4.78 is 6.99. The Bertz CT molecular complexity index is 1270. The molecule has 0 atom stereocenters. The third-order valence-electron chi connectivity index (χ3n) is 5.21. The van der Waals surface area contributed by atoms with Gasteiger partial charge in [-0.05, 0) is 50.4 Å². The number of hydrogen-bond acceptors (Lipinski definition) is 5. The molecule has 0 radical (unpaired) electrons. The SMILES string of the molecule is CCN(C(=O)COC(=O)c1ccc(-n2nc(C)cc2C)nc1)c1cccc2ccccc12. The highest BCUT2D eigenvalue weighted by atomic mass is 16.5. The molecule has 0 fully saturated rings. The van der Waals surface area contributed by atoms with E-state index in [-0.39, 0.29) is 18.1 Å². The van der Waals surface area contributed by atoms with Crippen molar-refractivity contribution in [1.29, 1.82) is 0 Å². The van der Waals surface area contributed by atoms with Gasteiger partial charge in [-0.15, -0.1) is 0 Å². The van der Waals surface area contributed by atoms with Crippen LogP contribution in [-0.2, 0) is 9.53 Å². The molecule has 4 rings (SSSR count). The highest BCUT2D eigenvalue weighted by molar-refractivity contribution is 6.04. The van der Waals surface area contributed by atoms with Crippen LogP contribution in [0.25, 0.3) is 16.6 Å². The lowest BCUT2D eigenvalue weighted by molar-refractivity contribution is -0.121. The zero-order valence-corrected chi connectivity index (χ0v) is 18.3. The Morgan fingerprint density at radius 1 is 1.03 bits per heavy atom. The van der Waals surface area contributed by atoms with Crippen LogP contribution in [0.4, 0.5) is 5.69 Å². The number of hydrogen-bond donors (Lipinski definition) is 0. The summed E-state index contributed by atoms with van der Waals surface area (Å²) in [6.07, 6.45) is 1.43. The molecule has 0 aliphatic heterocycles. The number of pyridine rings is 1. The number of anilines is 1. The van der Waals surface area contributed by atoms with Crippen molar-refractivity contribution in [2.75, 3.05) is 18.1 Å². The Labute approximate surface area is 186 Å². The van der Waals surface area contributed by atoms with Crippen molar-refractivity contribution in [3.63, 3.8) is 0 Å². The average Bonchev–Trinajstić information content (AvgIpc) is 3.16. The van der Waals surface area contributed by atoms with Gasteiger partial charge in [0.2, 0.25) is 0 Å². The third-order valence-corrected chi connectivity index (χ3v) is 5.21. The fourth-order valence-corrected chi connectivity index (χ4v) is 3.71. The number of ether oxygens (including phenoxy) is 1. The number of carbonyl (C=O) groups excluding carboxylic acids is 2. The molecule has 4 aromatic rings. The standard InChI is InChI=1S/C25H24N4O3/c1-4-28(22-11-7-9-19-8-5-6-10-21(19)22)24(30)16-32-25(31)20-12-13-23(26-15-20)29-18(3)14-17(2)27-29/h5-15H,4,16H2,1-3H3. The second-order valence-corrected chi connectivity index (χ2v) is 7.46. The van der Waals surface area contributed by atoms with Gasteiger partial charge < -0.3 is 9.64 Å². The van der Waals surface area contributed by atoms with Crippen LogP contribution in [-0.4, -0.2) is 39.8 Å². The molecule has 2 aromatic heterocycles. The Hall–Kier alpha value is -4.00. The summed E-state index contributed by atoms with van der Waals surface area (Å²) in [4.78, 5) is 31.3. The highest BCUT2D eigenvalue weighted by Gasteiger charge is 2.19. The predicted molar refractivity (Wildman–Crippen MR) is 123 cm³/mol. The predicted octanol–water partition coefficient (Wildman–Crippen LogP) is 4.25. The number of benzene rings is 2. The summed E-state index contributed by atoms with van der Waals surface area (Å²) in [6.45, 7) is 5.84. The van der Waals surface area contributed by atoms with Crippen molar-refractivity contribution >= 4 is 28.3 Å². The van der Waals surface area contributed by atoms with Gasteiger partial charge in [0.1, 0.15) is 0 Å². The van der Waals surface area contributed by atoms with E-state index < -0.39 is 5.97 Å². The first-order valence-corrected chi connectivity index (χ1v) is 10.4. The molecule has 0 bridgehead atoms. The number of aromatic nitrogens is 3. The smallest absolute Gasteiger partial charge is 0.340 e. The minimum Gasteiger partial charge on any atom is -0.452 e. The molecule has 0 saturated heterocycles. The minimum atomic E-state index is -0.597. The van der Waals surface area contributed by atoms with Crippen LogP contribution in [0.15, 0.2) is 66.9 Å². The van der Waals surface area contributed by atoms with E-state index in [4.69, 9.17) is 4.74 Å². The molecule has 0 saturated carbocycles. The van der Waals surface area contributed by atoms with E-state index in [1.54, 1.807) is 21.7 Å². The minimum absolute atomic E-state index is 0.274. The van der Waals surface area contributed by atoms with Gasteiger partial charge in [-0.1, -0.05) is 36.4 Å². The first kappa shape index (κ1) is 21.2. The maximum absolute atomic E-state index is 12.9. The molecule has 7 nitrogen and oxygen atoms in total. The Morgan fingerprint density at radius 3 is 2.50 bits per heavy atom. The van der Waals surface area contributed by atoms with Crippen LogP contribution in [0.1, 0.15) is 28.7 Å². The monoisotopic (exact) mass is 428 g/mol. The van der Waals surface area contributed by atoms with Crippen molar-refractivity contribution in [3.8, 4) is 5.82 Å². The fourth-order valence-electron chi connectivity index (χ4n) is 3.71. The number of likely N-dealkylation sites (N-methyl/N-ethyl adjacent to an activating group) is 1. The lowest BCUT2D eigenvalue weighted by atomic mass is 10.1. The van der Waals surface area contributed by atoms with E-state index in [2.05, 4.69) is 10.1 Å². The van der Waals surface area contributed by atoms with E-state index in [1.807, 2.05) is 69.3 Å². The van der Waals surface area contributed by atoms with Crippen LogP contribution in [0.2, 0.25) is 0 Å². The summed E-state index contributed by atoms with van der Waals surface area (Å²) in [6, 6.07) is 18.9. The molecule has 32 heavy (non-hydrogen) atoms. The van der Waals surface area contributed by atoms with Crippen molar-refractivity contribution in [3.05, 3.63) is 83.8 Å². The number of esters is 1. The molecule has 0 aliphatic carbocycles. The molecule has 0 spiro atoms. The Balaban J connectivity index is 1.45. The van der Waals surface area contributed by atoms with Gasteiger partial charge in [-0.2, -0.15) is 5.10 Å². The number of rotatable bonds is 6. The molecule has 2 aromatic carbocycles. The van der Waals surface area contributed by atoms with E-state index in [9.17, 15) is 9.59 Å². The molecule has 162 valence electrons. The van der Waals surface area contributed by atoms with Crippen molar-refractivity contribution in [2.45, 2.75) is 20.8 Å². The van der Waals surface area contributed by atoms with Crippen molar-refractivity contribution in [1.82, 2.24) is 14.8 Å². The summed E-state index contributed by atoms with van der Waals surface area (Å²) in [5.41, 5.74) is 2.90. The topological polar surface area (TPSA) is 77.3 Å². The van der Waals surface area contributed by atoms with Crippen LogP contribution < -0.4 is 4.90 Å². The zero-order chi connectivity index (χ0) is 22.7. The van der Waals surface area contributed by atoms with E-state index in [1.165, 1.54) is 6.20 Å². The van der Waals surface area contributed by atoms with Gasteiger partial charge in [0.15, 0.2) is 12.4 Å². The van der Waals surface area contributed by atoms with E-state index in [0.717, 1.165) is 27.8 Å². The molecule has 0 N–H and O–H groups in total. The molecule has 0 aliphatic rings. The van der Waals surface area contributed by atoms with E-state index in [0.29, 0.717) is 12.4 Å². The largest absolute Gasteiger partial charge is 0.452 e. The molecular weight excluding hydrogens is 404 g/mol. The lowest BCUT2D eigenvalue weighted by Gasteiger charge is -2.22. The normalized spacial score (nSPS) is 10.8. The molecule has 0 unspecified atom stereocenters. The second kappa shape index (κ2) is 9.01.